The molecule has 1 saturated heterocycles. The molecule has 2 rings (SSSR count). The van der Waals surface area contributed by atoms with Gasteiger partial charge in [-0.1, -0.05) is 12.1 Å². The predicted octanol–water partition coefficient (Wildman–Crippen LogP) is 1.50. The number of nitrogens with two attached hydrogens (primary N) is 1. The Hall–Kier alpha value is -1.42. The minimum absolute atomic E-state index is 0.111. The van der Waals surface area contributed by atoms with Gasteiger partial charge in [-0.3, -0.25) is 0 Å². The fourth-order valence-corrected chi connectivity index (χ4v) is 4.13. The molecule has 0 amide bonds. The summed E-state index contributed by atoms with van der Waals surface area (Å²) in [6.45, 7) is 3.02. The lowest BCUT2D eigenvalue weighted by Gasteiger charge is -2.32. The van der Waals surface area contributed by atoms with Crippen molar-refractivity contribution in [3.05, 3.63) is 29.8 Å². The molecule has 1 heterocycles. The average molecular weight is 307 g/mol. The topological polar surface area (TPSA) is 87.2 Å². The smallest absolute Gasteiger partial charge is 0.243 e. The Morgan fingerprint density at radius 2 is 1.90 bits per heavy atom. The van der Waals surface area contributed by atoms with Crippen molar-refractivity contribution in [2.45, 2.75) is 37.1 Å². The number of rotatable bonds is 4. The maximum absolute atomic E-state index is 12.6. The van der Waals surface area contributed by atoms with E-state index in [1.54, 1.807) is 24.3 Å². The molecule has 6 heteroatoms. The van der Waals surface area contributed by atoms with Crippen molar-refractivity contribution < 1.29 is 8.42 Å². The van der Waals surface area contributed by atoms with Crippen LogP contribution in [0.15, 0.2) is 29.2 Å². The second-order valence-electron chi connectivity index (χ2n) is 5.58. The van der Waals surface area contributed by atoms with Gasteiger partial charge in [-0.05, 0) is 43.4 Å². The molecule has 0 bridgehead atoms. The number of nitrogens with zero attached hydrogens (tertiary/aromatic N) is 2. The van der Waals surface area contributed by atoms with Crippen molar-refractivity contribution >= 4 is 10.0 Å². The van der Waals surface area contributed by atoms with E-state index in [4.69, 9.17) is 11.0 Å². The van der Waals surface area contributed by atoms with E-state index in [9.17, 15) is 8.42 Å². The molecule has 0 saturated carbocycles. The molecule has 0 aromatic heterocycles. The van der Waals surface area contributed by atoms with Crippen LogP contribution in [0.4, 0.5) is 0 Å². The zero-order valence-corrected chi connectivity index (χ0v) is 13.0. The minimum atomic E-state index is -3.43. The van der Waals surface area contributed by atoms with Crippen LogP contribution in [0.1, 0.15) is 25.3 Å². The molecule has 0 spiro atoms. The van der Waals surface area contributed by atoms with Gasteiger partial charge in [-0.25, -0.2) is 8.42 Å². The van der Waals surface area contributed by atoms with E-state index in [0.29, 0.717) is 30.3 Å². The second-order valence-corrected chi connectivity index (χ2v) is 7.52. The molecular weight excluding hydrogens is 286 g/mol. The van der Waals surface area contributed by atoms with Crippen LogP contribution in [0.25, 0.3) is 0 Å². The molecule has 1 aliphatic heterocycles. The van der Waals surface area contributed by atoms with E-state index >= 15 is 0 Å². The summed E-state index contributed by atoms with van der Waals surface area (Å²) in [6.07, 6.45) is 1.91. The molecule has 1 fully saturated rings. The third-order valence-corrected chi connectivity index (χ3v) is 6.00. The normalized spacial score (nSPS) is 19.1. The minimum Gasteiger partial charge on any atom is -0.328 e. The van der Waals surface area contributed by atoms with E-state index in [1.165, 1.54) is 4.31 Å². The number of hydrogen-bond acceptors (Lipinski definition) is 4. The third kappa shape index (κ3) is 3.62. The number of benzene rings is 1. The lowest BCUT2D eigenvalue weighted by molar-refractivity contribution is 0.250. The lowest BCUT2D eigenvalue weighted by Crippen LogP contribution is -2.42. The van der Waals surface area contributed by atoms with E-state index in [0.717, 1.165) is 18.4 Å². The van der Waals surface area contributed by atoms with Crippen molar-refractivity contribution in [1.29, 1.82) is 5.26 Å². The number of piperidine rings is 1. The molecule has 1 aliphatic rings. The van der Waals surface area contributed by atoms with Crippen LogP contribution in [0.2, 0.25) is 0 Å². The van der Waals surface area contributed by atoms with E-state index < -0.39 is 10.0 Å². The number of hydrogen-bond donors (Lipinski definition) is 1. The van der Waals surface area contributed by atoms with Crippen LogP contribution in [0.5, 0.6) is 0 Å². The highest BCUT2D eigenvalue weighted by Crippen LogP contribution is 2.25. The Balaban J connectivity index is 2.10. The zero-order valence-electron chi connectivity index (χ0n) is 12.2. The fraction of sp³-hybridized carbons (Fsp3) is 0.533. The Morgan fingerprint density at radius 1 is 1.33 bits per heavy atom. The lowest BCUT2D eigenvalue weighted by atomic mass is 9.92. The van der Waals surface area contributed by atoms with Crippen molar-refractivity contribution in [3.8, 4) is 6.07 Å². The first-order chi connectivity index (χ1) is 9.95. The van der Waals surface area contributed by atoms with Crippen molar-refractivity contribution in [3.63, 3.8) is 0 Å². The van der Waals surface area contributed by atoms with Crippen molar-refractivity contribution in [2.24, 2.45) is 11.7 Å². The van der Waals surface area contributed by atoms with Crippen LogP contribution in [-0.2, 0) is 16.4 Å². The Bertz CT molecular complexity index is 609. The highest BCUT2D eigenvalue weighted by Gasteiger charge is 2.30. The molecule has 2 N–H and O–H groups in total. The van der Waals surface area contributed by atoms with Gasteiger partial charge in [0.15, 0.2) is 0 Å². The molecule has 1 aromatic carbocycles. The van der Waals surface area contributed by atoms with Gasteiger partial charge in [0.1, 0.15) is 0 Å². The van der Waals surface area contributed by atoms with Crippen molar-refractivity contribution in [1.82, 2.24) is 4.31 Å². The van der Waals surface area contributed by atoms with Crippen LogP contribution in [0, 0.1) is 17.2 Å². The predicted molar refractivity (Wildman–Crippen MR) is 80.9 cm³/mol. The zero-order chi connectivity index (χ0) is 15.5. The first-order valence-electron chi connectivity index (χ1n) is 7.17. The molecule has 5 nitrogen and oxygen atoms in total. The summed E-state index contributed by atoms with van der Waals surface area (Å²) in [5.74, 6) is 0.398. The Morgan fingerprint density at radius 3 is 2.38 bits per heavy atom. The molecule has 1 atom stereocenters. The molecule has 1 aromatic rings. The quantitative estimate of drug-likeness (QED) is 0.913. The molecule has 0 aliphatic carbocycles. The standard InChI is InChI=1S/C15H21N3O2S/c1-12(17)14-7-10-18(11-8-14)21(19,20)15-4-2-13(3-5-15)6-9-16/h2-5,12,14H,6-8,10-11,17H2,1H3. The fourth-order valence-electron chi connectivity index (χ4n) is 2.66. The monoisotopic (exact) mass is 307 g/mol. The SMILES string of the molecule is CC(N)C1CCN(S(=O)(=O)c2ccc(CC#N)cc2)CC1. The van der Waals surface area contributed by atoms with Crippen LogP contribution in [0.3, 0.4) is 0 Å². The van der Waals surface area contributed by atoms with E-state index in [2.05, 4.69) is 0 Å². The van der Waals surface area contributed by atoms with Crippen LogP contribution in [-0.4, -0.2) is 31.9 Å². The van der Waals surface area contributed by atoms with Gasteiger partial charge in [0, 0.05) is 19.1 Å². The summed E-state index contributed by atoms with van der Waals surface area (Å²) in [5.41, 5.74) is 6.71. The first kappa shape index (κ1) is 16.0. The third-order valence-electron chi connectivity index (χ3n) is 4.09. The van der Waals surface area contributed by atoms with Crippen LogP contribution >= 0.6 is 0 Å². The second kappa shape index (κ2) is 6.56. The Kier molecular flexibility index (Phi) is 4.99. The number of nitriles is 1. The first-order valence-corrected chi connectivity index (χ1v) is 8.61. The van der Waals surface area contributed by atoms with Gasteiger partial charge in [-0.15, -0.1) is 0 Å². The summed E-state index contributed by atoms with van der Waals surface area (Å²) >= 11 is 0. The Labute approximate surface area is 126 Å². The molecular formula is C15H21N3O2S. The summed E-state index contributed by atoms with van der Waals surface area (Å²) in [7, 11) is -3.43. The van der Waals surface area contributed by atoms with E-state index in [-0.39, 0.29) is 6.04 Å². The van der Waals surface area contributed by atoms with E-state index in [1.807, 2.05) is 13.0 Å². The largest absolute Gasteiger partial charge is 0.328 e. The molecule has 114 valence electrons. The molecule has 0 radical (unpaired) electrons. The van der Waals surface area contributed by atoms with Crippen molar-refractivity contribution in [2.75, 3.05) is 13.1 Å². The van der Waals surface area contributed by atoms with Gasteiger partial charge in [0.05, 0.1) is 17.4 Å². The summed E-state index contributed by atoms with van der Waals surface area (Å²) < 4.78 is 26.7. The number of sulfonamides is 1. The molecule has 21 heavy (non-hydrogen) atoms. The van der Waals surface area contributed by atoms with Gasteiger partial charge in [0.2, 0.25) is 10.0 Å². The molecule has 1 unspecified atom stereocenters. The maximum atomic E-state index is 12.6. The summed E-state index contributed by atoms with van der Waals surface area (Å²) in [5, 5.41) is 8.64. The van der Waals surface area contributed by atoms with Gasteiger partial charge >= 0.3 is 0 Å². The van der Waals surface area contributed by atoms with Gasteiger partial charge in [0.25, 0.3) is 0 Å². The average Bonchev–Trinajstić information content (AvgIpc) is 2.48. The highest BCUT2D eigenvalue weighted by molar-refractivity contribution is 7.89. The summed E-state index contributed by atoms with van der Waals surface area (Å²) in [4.78, 5) is 0.295. The summed E-state index contributed by atoms with van der Waals surface area (Å²) in [6, 6.07) is 8.72. The highest BCUT2D eigenvalue weighted by atomic mass is 32.2. The van der Waals surface area contributed by atoms with Crippen LogP contribution < -0.4 is 5.73 Å². The maximum Gasteiger partial charge on any atom is 0.243 e. The van der Waals surface area contributed by atoms with Gasteiger partial charge < -0.3 is 5.73 Å². The van der Waals surface area contributed by atoms with Gasteiger partial charge in [-0.2, -0.15) is 9.57 Å².